The monoisotopic (exact) mass is 412 g/mol. The lowest BCUT2D eigenvalue weighted by Gasteiger charge is -2.63. The van der Waals surface area contributed by atoms with Gasteiger partial charge in [-0.05, 0) is 56.1 Å². The van der Waals surface area contributed by atoms with Crippen molar-refractivity contribution in [2.75, 3.05) is 6.61 Å². The molecule has 0 aromatic rings. The van der Waals surface area contributed by atoms with Crippen molar-refractivity contribution in [3.05, 3.63) is 23.8 Å². The third kappa shape index (κ3) is 2.19. The summed E-state index contributed by atoms with van der Waals surface area (Å²) in [4.78, 5) is 23.6. The second kappa shape index (κ2) is 5.91. The number of halogens is 2. The number of allylic oxidation sites excluding steroid dienone is 4. The largest absolute Gasteiger partial charge is 0.388 e. The van der Waals surface area contributed by atoms with Gasteiger partial charge in [0.15, 0.2) is 11.6 Å². The van der Waals surface area contributed by atoms with Crippen molar-refractivity contribution >= 4 is 34.8 Å². The summed E-state index contributed by atoms with van der Waals surface area (Å²) in [6.07, 6.45) is 8.11. The van der Waals surface area contributed by atoms with E-state index < -0.39 is 39.1 Å². The molecule has 0 heterocycles. The zero-order valence-corrected chi connectivity index (χ0v) is 17.2. The second-order valence-electron chi connectivity index (χ2n) is 9.20. The van der Waals surface area contributed by atoms with E-state index >= 15 is 0 Å². The summed E-state index contributed by atoms with van der Waals surface area (Å²) in [5.41, 5.74) is -1.78. The van der Waals surface area contributed by atoms with Gasteiger partial charge < -0.3 is 10.2 Å². The van der Waals surface area contributed by atoms with E-state index in [2.05, 4.69) is 6.92 Å². The van der Waals surface area contributed by atoms with E-state index in [0.29, 0.717) is 19.3 Å². The van der Waals surface area contributed by atoms with Crippen LogP contribution in [0.1, 0.15) is 46.0 Å². The molecule has 27 heavy (non-hydrogen) atoms. The summed E-state index contributed by atoms with van der Waals surface area (Å²) in [5, 5.41) is 20.2. The number of hydrogen-bond donors (Lipinski definition) is 2. The molecule has 0 bridgehead atoms. The van der Waals surface area contributed by atoms with E-state index in [4.69, 9.17) is 23.2 Å². The number of fused-ring (bicyclic) bond motifs is 5. The third-order valence-electron chi connectivity index (χ3n) is 8.35. The van der Waals surface area contributed by atoms with Crippen molar-refractivity contribution in [2.45, 2.75) is 61.8 Å². The van der Waals surface area contributed by atoms with Gasteiger partial charge >= 0.3 is 0 Å². The molecule has 4 aliphatic rings. The van der Waals surface area contributed by atoms with Crippen molar-refractivity contribution in [3.8, 4) is 0 Å². The highest BCUT2D eigenvalue weighted by atomic mass is 35.5. The molecule has 6 heteroatoms. The molecule has 7 atom stereocenters. The first kappa shape index (κ1) is 19.6. The van der Waals surface area contributed by atoms with Crippen LogP contribution in [-0.4, -0.2) is 44.2 Å². The molecular formula is C21H26Cl2O4. The van der Waals surface area contributed by atoms with Crippen LogP contribution in [0.15, 0.2) is 23.8 Å². The fourth-order valence-electron chi connectivity index (χ4n) is 6.74. The Morgan fingerprint density at radius 3 is 2.67 bits per heavy atom. The van der Waals surface area contributed by atoms with Gasteiger partial charge in [-0.3, -0.25) is 9.59 Å². The molecule has 4 nitrogen and oxygen atoms in total. The summed E-state index contributed by atoms with van der Waals surface area (Å²) in [5.74, 6) is -0.489. The average molecular weight is 413 g/mol. The fraction of sp³-hybridized carbons (Fsp3) is 0.714. The fourth-order valence-corrected chi connectivity index (χ4v) is 7.97. The molecule has 148 valence electrons. The average Bonchev–Trinajstić information content (AvgIpc) is 2.88. The van der Waals surface area contributed by atoms with E-state index in [1.165, 1.54) is 0 Å². The lowest BCUT2D eigenvalue weighted by molar-refractivity contribution is -0.161. The van der Waals surface area contributed by atoms with Crippen LogP contribution < -0.4 is 0 Å². The van der Waals surface area contributed by atoms with Gasteiger partial charge in [0, 0.05) is 10.8 Å². The first-order chi connectivity index (χ1) is 12.5. The van der Waals surface area contributed by atoms with Crippen LogP contribution in [0.25, 0.3) is 0 Å². The summed E-state index contributed by atoms with van der Waals surface area (Å²) in [7, 11) is 0. The molecule has 0 unspecified atom stereocenters. The minimum atomic E-state index is -1.56. The van der Waals surface area contributed by atoms with Gasteiger partial charge in [0.1, 0.15) is 12.2 Å². The van der Waals surface area contributed by atoms with Crippen molar-refractivity contribution in [1.82, 2.24) is 0 Å². The lowest BCUT2D eigenvalue weighted by Crippen LogP contribution is -2.67. The third-order valence-corrected chi connectivity index (χ3v) is 9.90. The number of ketones is 2. The molecule has 0 aliphatic heterocycles. The normalized spacial score (nSPS) is 51.3. The molecule has 0 aromatic carbocycles. The van der Waals surface area contributed by atoms with Crippen LogP contribution in [0.3, 0.4) is 0 Å². The van der Waals surface area contributed by atoms with Crippen LogP contribution >= 0.6 is 23.2 Å². The minimum absolute atomic E-state index is 0.0148. The SMILES string of the molecule is C[C@]12C=CC(=O)C=C1CC[C@H]1[C@@H]3CC[C@](O)(C(=O)CO)[C@@]3(C)C[C@@H](Cl)[C@@]12Cl. The van der Waals surface area contributed by atoms with Crippen molar-refractivity contribution in [2.24, 2.45) is 22.7 Å². The highest BCUT2D eigenvalue weighted by Gasteiger charge is 2.72. The number of aliphatic hydroxyl groups excluding tert-OH is 1. The maximum Gasteiger partial charge on any atom is 0.190 e. The molecule has 0 radical (unpaired) electrons. The summed E-state index contributed by atoms with van der Waals surface area (Å²) < 4.78 is 0. The van der Waals surface area contributed by atoms with E-state index in [1.54, 1.807) is 12.2 Å². The quantitative estimate of drug-likeness (QED) is 0.682. The van der Waals surface area contributed by atoms with E-state index in [0.717, 1.165) is 18.4 Å². The van der Waals surface area contributed by atoms with Crippen LogP contribution in [0.2, 0.25) is 0 Å². The Balaban J connectivity index is 1.81. The second-order valence-corrected chi connectivity index (χ2v) is 10.3. The van der Waals surface area contributed by atoms with Crippen molar-refractivity contribution in [3.63, 3.8) is 0 Å². The molecule has 3 fully saturated rings. The smallest absolute Gasteiger partial charge is 0.190 e. The number of carbonyl (C=O) groups is 2. The van der Waals surface area contributed by atoms with Crippen LogP contribution in [0, 0.1) is 22.7 Å². The molecule has 0 amide bonds. The van der Waals surface area contributed by atoms with Crippen molar-refractivity contribution in [1.29, 1.82) is 0 Å². The Morgan fingerprint density at radius 2 is 2.00 bits per heavy atom. The number of aliphatic hydroxyl groups is 2. The maximum atomic E-state index is 12.4. The standard InChI is InChI=1S/C21H26Cl2O4/c1-18-7-5-13(25)9-12(18)3-4-15-14-6-8-20(27,17(26)11-24)19(14,2)10-16(22)21(15,18)23/h5,7,9,14-16,24,27H,3-4,6,8,10-11H2,1-2H3/t14-,15-,16+,18-,19-,20-,21-/m0/s1. The Hall–Kier alpha value is -0.680. The molecule has 0 aromatic heterocycles. The molecule has 4 rings (SSSR count). The van der Waals surface area contributed by atoms with Crippen LogP contribution in [-0.2, 0) is 9.59 Å². The van der Waals surface area contributed by atoms with Gasteiger partial charge in [-0.25, -0.2) is 0 Å². The number of carbonyl (C=O) groups excluding carboxylic acids is 2. The van der Waals surface area contributed by atoms with Crippen LogP contribution in [0.4, 0.5) is 0 Å². The Labute approximate surface area is 169 Å². The molecule has 0 spiro atoms. The molecule has 3 saturated carbocycles. The molecule has 0 saturated heterocycles. The zero-order chi connectivity index (χ0) is 19.8. The number of rotatable bonds is 2. The van der Waals surface area contributed by atoms with Crippen molar-refractivity contribution < 1.29 is 19.8 Å². The predicted molar refractivity (Wildman–Crippen MR) is 104 cm³/mol. The minimum Gasteiger partial charge on any atom is -0.388 e. The molecule has 2 N–H and O–H groups in total. The Bertz CT molecular complexity index is 776. The first-order valence-electron chi connectivity index (χ1n) is 9.68. The number of Topliss-reactive ketones (excluding diaryl/α,β-unsaturated/α-hetero) is 1. The maximum absolute atomic E-state index is 12.4. The summed E-state index contributed by atoms with van der Waals surface area (Å²) in [6.45, 7) is 3.31. The highest BCUT2D eigenvalue weighted by molar-refractivity contribution is 6.34. The van der Waals surface area contributed by atoms with E-state index in [1.807, 2.05) is 13.0 Å². The Kier molecular flexibility index (Phi) is 4.30. The van der Waals surface area contributed by atoms with Gasteiger partial charge in [0.25, 0.3) is 0 Å². The van der Waals surface area contributed by atoms with Crippen LogP contribution in [0.5, 0.6) is 0 Å². The molecular weight excluding hydrogens is 387 g/mol. The number of alkyl halides is 2. The van der Waals surface area contributed by atoms with E-state index in [-0.39, 0.29) is 17.6 Å². The summed E-state index contributed by atoms with van der Waals surface area (Å²) >= 11 is 14.3. The van der Waals surface area contributed by atoms with Gasteiger partial charge in [-0.2, -0.15) is 0 Å². The van der Waals surface area contributed by atoms with Gasteiger partial charge in [-0.1, -0.05) is 25.5 Å². The predicted octanol–water partition coefficient (Wildman–Crippen LogP) is 3.17. The first-order valence-corrected chi connectivity index (χ1v) is 10.5. The summed E-state index contributed by atoms with van der Waals surface area (Å²) in [6, 6.07) is 0. The number of hydrogen-bond acceptors (Lipinski definition) is 4. The molecule has 4 aliphatic carbocycles. The van der Waals surface area contributed by atoms with Gasteiger partial charge in [-0.15, -0.1) is 23.2 Å². The van der Waals surface area contributed by atoms with Gasteiger partial charge in [0.05, 0.1) is 10.3 Å². The van der Waals surface area contributed by atoms with E-state index in [9.17, 15) is 19.8 Å². The zero-order valence-electron chi connectivity index (χ0n) is 15.7. The van der Waals surface area contributed by atoms with Gasteiger partial charge in [0.2, 0.25) is 0 Å². The Morgan fingerprint density at radius 1 is 1.30 bits per heavy atom. The lowest BCUT2D eigenvalue weighted by atomic mass is 9.46. The highest BCUT2D eigenvalue weighted by Crippen LogP contribution is 2.71. The topological polar surface area (TPSA) is 74.6 Å².